The average Bonchev–Trinajstić information content (AvgIpc) is 2.79. The van der Waals surface area contributed by atoms with E-state index in [1.54, 1.807) is 6.20 Å². The lowest BCUT2D eigenvalue weighted by molar-refractivity contribution is 0.209. The number of piperazine rings is 1. The second-order valence-corrected chi connectivity index (χ2v) is 7.64. The summed E-state index contributed by atoms with van der Waals surface area (Å²) < 4.78 is 1.24. The number of pyridine rings is 2. The molecular weight excluding hydrogens is 392 g/mol. The molecule has 4 rings (SSSR count). The zero-order valence-electron chi connectivity index (χ0n) is 17.6. The molecular formula is C22H24N8O. The molecule has 9 nitrogen and oxygen atoms in total. The summed E-state index contributed by atoms with van der Waals surface area (Å²) in [6.07, 6.45) is 4.75. The van der Waals surface area contributed by atoms with E-state index < -0.39 is 5.56 Å². The Labute approximate surface area is 180 Å². The van der Waals surface area contributed by atoms with Gasteiger partial charge in [0, 0.05) is 50.0 Å². The number of fused-ring (bicyclic) bond motifs is 1. The van der Waals surface area contributed by atoms with Crippen molar-refractivity contribution in [3.63, 3.8) is 0 Å². The van der Waals surface area contributed by atoms with Crippen molar-refractivity contribution in [2.45, 2.75) is 19.9 Å². The molecule has 0 amide bonds. The van der Waals surface area contributed by atoms with Crippen LogP contribution < -0.4 is 15.8 Å². The van der Waals surface area contributed by atoms with Crippen molar-refractivity contribution in [1.29, 1.82) is 5.26 Å². The molecule has 1 aliphatic rings. The zero-order valence-corrected chi connectivity index (χ0v) is 17.6. The molecule has 1 saturated heterocycles. The molecule has 1 fully saturated rings. The van der Waals surface area contributed by atoms with Crippen LogP contribution in [-0.4, -0.2) is 56.6 Å². The van der Waals surface area contributed by atoms with Crippen molar-refractivity contribution in [2.75, 3.05) is 36.4 Å². The Kier molecular flexibility index (Phi) is 5.64. The number of nitrogens with zero attached hydrogens (tertiary/aromatic N) is 7. The third-order valence-corrected chi connectivity index (χ3v) is 5.47. The van der Waals surface area contributed by atoms with Gasteiger partial charge in [0.25, 0.3) is 5.56 Å². The zero-order chi connectivity index (χ0) is 22.0. The molecule has 0 atom stereocenters. The van der Waals surface area contributed by atoms with E-state index in [0.717, 1.165) is 31.9 Å². The van der Waals surface area contributed by atoms with E-state index in [2.05, 4.69) is 50.5 Å². The highest BCUT2D eigenvalue weighted by Gasteiger charge is 2.19. The molecule has 0 aromatic carbocycles. The summed E-state index contributed by atoms with van der Waals surface area (Å²) in [5.41, 5.74) is 1.01. The van der Waals surface area contributed by atoms with Crippen LogP contribution in [0.2, 0.25) is 0 Å². The SMILES string of the molecule is C=Cn1c(=O)c(C#N)cc2cnc(Nc3ccc(N4CCN(C(C)C)CC4)cn3)nc21. The van der Waals surface area contributed by atoms with E-state index in [-0.39, 0.29) is 5.56 Å². The van der Waals surface area contributed by atoms with Crippen LogP contribution in [0, 0.1) is 11.3 Å². The molecule has 0 aliphatic carbocycles. The fraction of sp³-hybridized carbons (Fsp3) is 0.318. The summed E-state index contributed by atoms with van der Waals surface area (Å²) >= 11 is 0. The largest absolute Gasteiger partial charge is 0.368 e. The van der Waals surface area contributed by atoms with Gasteiger partial charge in [-0.3, -0.25) is 14.3 Å². The van der Waals surface area contributed by atoms with E-state index in [9.17, 15) is 4.79 Å². The van der Waals surface area contributed by atoms with Gasteiger partial charge >= 0.3 is 0 Å². The normalized spacial score (nSPS) is 14.6. The Morgan fingerprint density at radius 2 is 1.97 bits per heavy atom. The van der Waals surface area contributed by atoms with Crippen LogP contribution in [-0.2, 0) is 0 Å². The van der Waals surface area contributed by atoms with Gasteiger partial charge in [-0.25, -0.2) is 9.97 Å². The molecule has 0 saturated carbocycles. The Hall–Kier alpha value is -3.77. The van der Waals surface area contributed by atoms with Gasteiger partial charge < -0.3 is 10.2 Å². The summed E-state index contributed by atoms with van der Waals surface area (Å²) in [5, 5.41) is 12.8. The second kappa shape index (κ2) is 8.53. The standard InChI is InChI=1S/C22H24N8O/c1-4-30-20-17(11-16(12-23)21(30)31)13-25-22(27-20)26-19-6-5-18(14-24-19)29-9-7-28(8-10-29)15(2)3/h4-6,11,13-15H,1,7-10H2,2-3H3,(H,24,25,26,27). The highest BCUT2D eigenvalue weighted by molar-refractivity contribution is 5.78. The lowest BCUT2D eigenvalue weighted by Crippen LogP contribution is -2.48. The molecule has 31 heavy (non-hydrogen) atoms. The predicted octanol–water partition coefficient (Wildman–Crippen LogP) is 2.43. The highest BCUT2D eigenvalue weighted by Crippen LogP contribution is 2.20. The number of aromatic nitrogens is 4. The van der Waals surface area contributed by atoms with E-state index in [0.29, 0.717) is 28.8 Å². The summed E-state index contributed by atoms with van der Waals surface area (Å²) in [4.78, 5) is 30.3. The molecule has 0 unspecified atom stereocenters. The average molecular weight is 416 g/mol. The number of nitrogens with one attached hydrogen (secondary N) is 1. The first-order valence-electron chi connectivity index (χ1n) is 10.2. The van der Waals surface area contributed by atoms with Crippen LogP contribution in [0.15, 0.2) is 42.0 Å². The smallest absolute Gasteiger partial charge is 0.274 e. The van der Waals surface area contributed by atoms with Crippen LogP contribution in [0.5, 0.6) is 0 Å². The molecule has 9 heteroatoms. The van der Waals surface area contributed by atoms with Gasteiger partial charge in [0.1, 0.15) is 17.5 Å². The van der Waals surface area contributed by atoms with Crippen molar-refractivity contribution in [3.05, 3.63) is 53.1 Å². The van der Waals surface area contributed by atoms with E-state index in [4.69, 9.17) is 5.26 Å². The summed E-state index contributed by atoms with van der Waals surface area (Å²) in [6.45, 7) is 12.1. The predicted molar refractivity (Wildman–Crippen MR) is 121 cm³/mol. The molecule has 0 spiro atoms. The lowest BCUT2D eigenvalue weighted by Gasteiger charge is -2.38. The molecule has 0 radical (unpaired) electrons. The highest BCUT2D eigenvalue weighted by atomic mass is 16.1. The molecule has 1 N–H and O–H groups in total. The number of anilines is 3. The Bertz CT molecular complexity index is 1200. The van der Waals surface area contributed by atoms with Crippen LogP contribution >= 0.6 is 0 Å². The minimum absolute atomic E-state index is 0.0168. The van der Waals surface area contributed by atoms with Gasteiger partial charge in [0.15, 0.2) is 5.65 Å². The quantitative estimate of drug-likeness (QED) is 0.676. The van der Waals surface area contributed by atoms with E-state index >= 15 is 0 Å². The van der Waals surface area contributed by atoms with Crippen molar-refractivity contribution in [3.8, 4) is 6.07 Å². The van der Waals surface area contributed by atoms with Gasteiger partial charge in [0.05, 0.1) is 11.9 Å². The van der Waals surface area contributed by atoms with Gasteiger partial charge in [-0.1, -0.05) is 6.58 Å². The summed E-state index contributed by atoms with van der Waals surface area (Å²) in [6, 6.07) is 7.85. The van der Waals surface area contributed by atoms with Crippen molar-refractivity contribution < 1.29 is 0 Å². The fourth-order valence-corrected chi connectivity index (χ4v) is 3.69. The minimum atomic E-state index is -0.463. The van der Waals surface area contributed by atoms with E-state index in [1.807, 2.05) is 24.4 Å². The lowest BCUT2D eigenvalue weighted by atomic mass is 10.2. The topological polar surface area (TPSA) is 103 Å². The number of nitriles is 1. The first-order chi connectivity index (χ1) is 15.0. The monoisotopic (exact) mass is 416 g/mol. The van der Waals surface area contributed by atoms with Crippen LogP contribution in [0.1, 0.15) is 19.4 Å². The third kappa shape index (κ3) is 4.11. The van der Waals surface area contributed by atoms with E-state index in [1.165, 1.54) is 16.8 Å². The maximum absolute atomic E-state index is 12.3. The molecule has 3 aromatic rings. The minimum Gasteiger partial charge on any atom is -0.368 e. The van der Waals surface area contributed by atoms with Crippen molar-refractivity contribution in [2.24, 2.45) is 0 Å². The third-order valence-electron chi connectivity index (χ3n) is 5.47. The van der Waals surface area contributed by atoms with Crippen molar-refractivity contribution in [1.82, 2.24) is 24.4 Å². The van der Waals surface area contributed by atoms with Crippen molar-refractivity contribution >= 4 is 34.7 Å². The van der Waals surface area contributed by atoms with Gasteiger partial charge in [-0.05, 0) is 32.0 Å². The Balaban J connectivity index is 1.52. The first-order valence-corrected chi connectivity index (χ1v) is 10.2. The molecule has 4 heterocycles. The Morgan fingerprint density at radius 1 is 1.19 bits per heavy atom. The summed E-state index contributed by atoms with van der Waals surface area (Å²) in [7, 11) is 0. The number of rotatable bonds is 5. The van der Waals surface area contributed by atoms with Gasteiger partial charge in [-0.15, -0.1) is 0 Å². The molecule has 3 aromatic heterocycles. The number of hydrogen-bond donors (Lipinski definition) is 1. The molecule has 1 aliphatic heterocycles. The maximum atomic E-state index is 12.3. The van der Waals surface area contributed by atoms with Crippen LogP contribution in [0.3, 0.4) is 0 Å². The fourth-order valence-electron chi connectivity index (χ4n) is 3.69. The molecule has 158 valence electrons. The van der Waals surface area contributed by atoms with Gasteiger partial charge in [0.2, 0.25) is 5.95 Å². The summed E-state index contributed by atoms with van der Waals surface area (Å²) in [5.74, 6) is 0.906. The first kappa shape index (κ1) is 20.5. The molecule has 0 bridgehead atoms. The maximum Gasteiger partial charge on any atom is 0.274 e. The number of hydrogen-bond acceptors (Lipinski definition) is 8. The Morgan fingerprint density at radius 3 is 2.58 bits per heavy atom. The second-order valence-electron chi connectivity index (χ2n) is 7.64. The van der Waals surface area contributed by atoms with Crippen LogP contribution in [0.4, 0.5) is 17.5 Å². The van der Waals surface area contributed by atoms with Crippen LogP contribution in [0.25, 0.3) is 17.2 Å². The van der Waals surface area contributed by atoms with Gasteiger partial charge in [-0.2, -0.15) is 10.2 Å².